The first-order valence-electron chi connectivity index (χ1n) is 3.63. The van der Waals surface area contributed by atoms with E-state index in [4.69, 9.17) is 0 Å². The molecule has 0 spiro atoms. The number of fused-ring (bicyclic) bond motifs is 1. The molecule has 0 fully saturated rings. The highest BCUT2D eigenvalue weighted by Gasteiger charge is 1.95. The van der Waals surface area contributed by atoms with E-state index in [-0.39, 0.29) is 0 Å². The Morgan fingerprint density at radius 2 is 2.00 bits per heavy atom. The zero-order valence-corrected chi connectivity index (χ0v) is 8.74. The second-order valence-electron chi connectivity index (χ2n) is 2.71. The van der Waals surface area contributed by atoms with E-state index < -0.39 is 0 Å². The van der Waals surface area contributed by atoms with Gasteiger partial charge in [-0.05, 0) is 47.2 Å². The first-order valence-corrected chi connectivity index (χ1v) is 4.71. The summed E-state index contributed by atoms with van der Waals surface area (Å²) in [7, 11) is 0. The zero-order valence-electron chi connectivity index (χ0n) is 6.58. The van der Waals surface area contributed by atoms with Gasteiger partial charge in [-0.1, -0.05) is 0 Å². The monoisotopic (exact) mass is 270 g/mol. The van der Waals surface area contributed by atoms with E-state index in [1.54, 1.807) is 0 Å². The number of aromatic nitrogens is 2. The third kappa shape index (κ3) is 1.41. The van der Waals surface area contributed by atoms with E-state index in [2.05, 4.69) is 38.6 Å². The lowest BCUT2D eigenvalue weighted by molar-refractivity contribution is 1.26. The summed E-state index contributed by atoms with van der Waals surface area (Å²) in [6, 6.07) is 4.07. The van der Waals surface area contributed by atoms with Gasteiger partial charge in [0.15, 0.2) is 0 Å². The van der Waals surface area contributed by atoms with Gasteiger partial charge in [0.2, 0.25) is 0 Å². The van der Waals surface area contributed by atoms with E-state index in [9.17, 15) is 0 Å². The quantitative estimate of drug-likeness (QED) is 0.543. The Balaban J connectivity index is 2.79. The van der Waals surface area contributed by atoms with Crippen molar-refractivity contribution in [3.05, 3.63) is 33.8 Å². The van der Waals surface area contributed by atoms with Gasteiger partial charge in [0.25, 0.3) is 0 Å². The van der Waals surface area contributed by atoms with E-state index in [0.717, 1.165) is 14.6 Å². The Bertz CT molecular complexity index is 385. The fourth-order valence-corrected chi connectivity index (χ4v) is 1.54. The molecule has 0 atom stereocenters. The highest BCUT2D eigenvalue weighted by Crippen LogP contribution is 2.13. The Kier molecular flexibility index (Phi) is 1.96. The van der Waals surface area contributed by atoms with Crippen molar-refractivity contribution < 1.29 is 0 Å². The predicted octanol–water partition coefficient (Wildman–Crippen LogP) is 2.54. The minimum absolute atomic E-state index is 0.983. The van der Waals surface area contributed by atoms with Crippen LogP contribution in [-0.4, -0.2) is 9.97 Å². The zero-order chi connectivity index (χ0) is 8.55. The number of hydrogen-bond donors (Lipinski definition) is 0. The van der Waals surface area contributed by atoms with Crippen molar-refractivity contribution in [2.75, 3.05) is 0 Å². The summed E-state index contributed by atoms with van der Waals surface area (Å²) in [4.78, 5) is 8.49. The molecule has 0 N–H and O–H groups in total. The minimum Gasteiger partial charge on any atom is -0.256 e. The molecule has 2 heterocycles. The van der Waals surface area contributed by atoms with Crippen LogP contribution in [0.15, 0.2) is 24.5 Å². The maximum Gasteiger partial charge on any atom is 0.103 e. The Labute approximate surface area is 84.2 Å². The van der Waals surface area contributed by atoms with Gasteiger partial charge < -0.3 is 0 Å². The summed E-state index contributed by atoms with van der Waals surface area (Å²) in [5.41, 5.74) is 2.19. The molecule has 0 unspecified atom stereocenters. The fraction of sp³-hybridized carbons (Fsp3) is 0.111. The predicted molar refractivity (Wildman–Crippen MR) is 57.0 cm³/mol. The molecular formula is C9H7IN2. The van der Waals surface area contributed by atoms with Crippen molar-refractivity contribution in [2.45, 2.75) is 6.92 Å². The van der Waals surface area contributed by atoms with E-state index in [1.165, 1.54) is 5.56 Å². The van der Waals surface area contributed by atoms with Crippen LogP contribution in [0.4, 0.5) is 0 Å². The lowest BCUT2D eigenvalue weighted by Gasteiger charge is -1.97. The van der Waals surface area contributed by atoms with E-state index in [1.807, 2.05) is 25.4 Å². The maximum absolute atomic E-state index is 4.30. The highest BCUT2D eigenvalue weighted by atomic mass is 127. The Hall–Kier alpha value is -0.710. The summed E-state index contributed by atoms with van der Waals surface area (Å²) in [6.07, 6.45) is 3.73. The second-order valence-corrected chi connectivity index (χ2v) is 3.82. The largest absolute Gasteiger partial charge is 0.256 e. The second kappa shape index (κ2) is 2.97. The third-order valence-electron chi connectivity index (χ3n) is 1.67. The number of hydrogen-bond acceptors (Lipinski definition) is 2. The molecule has 0 saturated heterocycles. The van der Waals surface area contributed by atoms with Gasteiger partial charge in [-0.3, -0.25) is 4.98 Å². The fourth-order valence-electron chi connectivity index (χ4n) is 1.11. The number of halogens is 1. The molecule has 2 aromatic heterocycles. The van der Waals surface area contributed by atoms with Gasteiger partial charge in [0.05, 0.1) is 5.52 Å². The summed E-state index contributed by atoms with van der Waals surface area (Å²) in [6.45, 7) is 2.03. The molecule has 0 amide bonds. The van der Waals surface area contributed by atoms with Crippen LogP contribution in [0.2, 0.25) is 0 Å². The average molecular weight is 270 g/mol. The number of nitrogens with zero attached hydrogens (tertiary/aromatic N) is 2. The highest BCUT2D eigenvalue weighted by molar-refractivity contribution is 14.1. The van der Waals surface area contributed by atoms with Crippen molar-refractivity contribution in [3.63, 3.8) is 0 Å². The Morgan fingerprint density at radius 1 is 1.17 bits per heavy atom. The van der Waals surface area contributed by atoms with Gasteiger partial charge in [0.1, 0.15) is 3.70 Å². The Morgan fingerprint density at radius 3 is 2.83 bits per heavy atom. The van der Waals surface area contributed by atoms with Crippen LogP contribution in [0.3, 0.4) is 0 Å². The van der Waals surface area contributed by atoms with Gasteiger partial charge in [-0.15, -0.1) is 0 Å². The van der Waals surface area contributed by atoms with Crippen LogP contribution >= 0.6 is 22.6 Å². The first kappa shape index (κ1) is 7.91. The molecule has 2 rings (SSSR count). The molecular weight excluding hydrogens is 263 g/mol. The molecule has 0 radical (unpaired) electrons. The summed E-state index contributed by atoms with van der Waals surface area (Å²) >= 11 is 2.19. The standard InChI is InChI=1S/C9H7IN2/c1-6-2-7-5-12-9(10)3-8(7)11-4-6/h2-5H,1H3. The topological polar surface area (TPSA) is 25.8 Å². The molecule has 12 heavy (non-hydrogen) atoms. The lowest BCUT2D eigenvalue weighted by atomic mass is 10.2. The summed E-state index contributed by atoms with van der Waals surface area (Å²) in [5.74, 6) is 0. The van der Waals surface area contributed by atoms with Crippen LogP contribution in [0, 0.1) is 10.6 Å². The lowest BCUT2D eigenvalue weighted by Crippen LogP contribution is -1.84. The van der Waals surface area contributed by atoms with Crippen LogP contribution in [0.25, 0.3) is 10.9 Å². The van der Waals surface area contributed by atoms with Crippen molar-refractivity contribution >= 4 is 33.5 Å². The number of rotatable bonds is 0. The molecule has 0 saturated carbocycles. The third-order valence-corrected chi connectivity index (χ3v) is 2.26. The molecule has 2 nitrogen and oxygen atoms in total. The van der Waals surface area contributed by atoms with E-state index >= 15 is 0 Å². The maximum atomic E-state index is 4.30. The molecule has 2 aromatic rings. The van der Waals surface area contributed by atoms with Gasteiger partial charge >= 0.3 is 0 Å². The smallest absolute Gasteiger partial charge is 0.103 e. The minimum atomic E-state index is 0.983. The van der Waals surface area contributed by atoms with Gasteiger partial charge in [-0.2, -0.15) is 0 Å². The number of aryl methyl sites for hydroxylation is 1. The van der Waals surface area contributed by atoms with Crippen LogP contribution in [0.1, 0.15) is 5.56 Å². The van der Waals surface area contributed by atoms with Crippen molar-refractivity contribution in [1.82, 2.24) is 9.97 Å². The summed E-state index contributed by atoms with van der Waals surface area (Å²) < 4.78 is 0.983. The molecule has 60 valence electrons. The molecule has 0 bridgehead atoms. The normalized spacial score (nSPS) is 10.5. The van der Waals surface area contributed by atoms with Gasteiger partial charge in [0, 0.05) is 17.8 Å². The van der Waals surface area contributed by atoms with Gasteiger partial charge in [-0.25, -0.2) is 4.98 Å². The number of pyridine rings is 2. The summed E-state index contributed by atoms with van der Waals surface area (Å²) in [5, 5.41) is 1.11. The van der Waals surface area contributed by atoms with Crippen LogP contribution in [0.5, 0.6) is 0 Å². The van der Waals surface area contributed by atoms with Crippen molar-refractivity contribution in [2.24, 2.45) is 0 Å². The first-order chi connectivity index (χ1) is 5.75. The van der Waals surface area contributed by atoms with Crippen molar-refractivity contribution in [1.29, 1.82) is 0 Å². The average Bonchev–Trinajstić information content (AvgIpc) is 2.05. The van der Waals surface area contributed by atoms with Crippen LogP contribution in [-0.2, 0) is 0 Å². The van der Waals surface area contributed by atoms with E-state index in [0.29, 0.717) is 0 Å². The molecule has 0 aliphatic heterocycles. The SMILES string of the molecule is Cc1cnc2cc(I)ncc2c1. The molecule has 0 aromatic carbocycles. The molecule has 3 heteroatoms. The van der Waals surface area contributed by atoms with Crippen molar-refractivity contribution in [3.8, 4) is 0 Å². The molecule has 0 aliphatic carbocycles. The molecule has 0 aliphatic rings. The van der Waals surface area contributed by atoms with Crippen LogP contribution < -0.4 is 0 Å².